The molecule has 0 aliphatic carbocycles. The van der Waals surface area contributed by atoms with Crippen LogP contribution in [0.5, 0.6) is 5.75 Å². The normalized spacial score (nSPS) is 17.4. The van der Waals surface area contributed by atoms with E-state index in [-0.39, 0.29) is 6.10 Å². The Balaban J connectivity index is 2.03. The molecular formula is C15H23NO. The Labute approximate surface area is 104 Å². The first-order chi connectivity index (χ1) is 8.25. The van der Waals surface area contributed by atoms with E-state index in [1.807, 2.05) is 0 Å². The third-order valence-electron chi connectivity index (χ3n) is 3.30. The van der Waals surface area contributed by atoms with Crippen LogP contribution in [0.25, 0.3) is 0 Å². The lowest BCUT2D eigenvalue weighted by Gasteiger charge is -2.24. The van der Waals surface area contributed by atoms with Crippen molar-refractivity contribution in [3.8, 4) is 5.75 Å². The lowest BCUT2D eigenvalue weighted by Crippen LogP contribution is -2.28. The van der Waals surface area contributed by atoms with E-state index in [4.69, 9.17) is 4.74 Å². The van der Waals surface area contributed by atoms with Crippen molar-refractivity contribution >= 4 is 0 Å². The van der Waals surface area contributed by atoms with Gasteiger partial charge in [0.05, 0.1) is 6.10 Å². The van der Waals surface area contributed by atoms with Crippen molar-refractivity contribution in [3.05, 3.63) is 29.8 Å². The minimum absolute atomic E-state index is 0.254. The highest BCUT2D eigenvalue weighted by atomic mass is 16.5. The van der Waals surface area contributed by atoms with Crippen LogP contribution < -0.4 is 10.1 Å². The van der Waals surface area contributed by atoms with E-state index >= 15 is 0 Å². The van der Waals surface area contributed by atoms with Gasteiger partial charge in [0, 0.05) is 0 Å². The Bertz CT molecular complexity index is 343. The summed E-state index contributed by atoms with van der Waals surface area (Å²) in [6.45, 7) is 6.50. The first-order valence-corrected chi connectivity index (χ1v) is 6.71. The fourth-order valence-corrected chi connectivity index (χ4v) is 2.44. The molecule has 17 heavy (non-hydrogen) atoms. The summed E-state index contributed by atoms with van der Waals surface area (Å²) in [6, 6.07) is 8.48. The van der Waals surface area contributed by atoms with Crippen molar-refractivity contribution < 1.29 is 4.74 Å². The minimum atomic E-state index is 0.254. The van der Waals surface area contributed by atoms with Crippen LogP contribution in [0.1, 0.15) is 32.3 Å². The Morgan fingerprint density at radius 3 is 2.65 bits per heavy atom. The fraction of sp³-hybridized carbons (Fsp3) is 0.600. The molecule has 94 valence electrons. The van der Waals surface area contributed by atoms with Gasteiger partial charge < -0.3 is 10.1 Å². The molecule has 0 spiro atoms. The number of rotatable bonds is 4. The smallest absolute Gasteiger partial charge is 0.122 e. The van der Waals surface area contributed by atoms with Crippen LogP contribution in [-0.2, 0) is 6.42 Å². The molecule has 0 unspecified atom stereocenters. The second-order valence-corrected chi connectivity index (χ2v) is 5.17. The second kappa shape index (κ2) is 6.06. The van der Waals surface area contributed by atoms with Crippen molar-refractivity contribution in [2.24, 2.45) is 5.92 Å². The number of benzene rings is 1. The summed E-state index contributed by atoms with van der Waals surface area (Å²) in [5.41, 5.74) is 1.37. The zero-order valence-electron chi connectivity index (χ0n) is 10.9. The van der Waals surface area contributed by atoms with Crippen LogP contribution in [-0.4, -0.2) is 19.2 Å². The highest BCUT2D eigenvalue weighted by Gasteiger charge is 2.15. The van der Waals surface area contributed by atoms with E-state index < -0.39 is 0 Å². The number of nitrogens with one attached hydrogen (secondary N) is 1. The quantitative estimate of drug-likeness (QED) is 0.863. The van der Waals surface area contributed by atoms with Crippen molar-refractivity contribution in [1.29, 1.82) is 0 Å². The number of ether oxygens (including phenoxy) is 1. The average Bonchev–Trinajstić information content (AvgIpc) is 2.32. The van der Waals surface area contributed by atoms with Gasteiger partial charge in [-0.05, 0) is 63.7 Å². The van der Waals surface area contributed by atoms with Crippen LogP contribution in [0, 0.1) is 5.92 Å². The van der Waals surface area contributed by atoms with Crippen LogP contribution in [0.2, 0.25) is 0 Å². The first kappa shape index (κ1) is 12.4. The number of hydrogen-bond acceptors (Lipinski definition) is 2. The average molecular weight is 233 g/mol. The van der Waals surface area contributed by atoms with Crippen molar-refractivity contribution in [2.45, 2.75) is 39.2 Å². The van der Waals surface area contributed by atoms with Crippen LogP contribution in [0.4, 0.5) is 0 Å². The van der Waals surface area contributed by atoms with E-state index in [0.29, 0.717) is 0 Å². The van der Waals surface area contributed by atoms with Crippen LogP contribution in [0.3, 0.4) is 0 Å². The van der Waals surface area contributed by atoms with Crippen LogP contribution >= 0.6 is 0 Å². The van der Waals surface area contributed by atoms with Gasteiger partial charge in [0.15, 0.2) is 0 Å². The molecule has 1 heterocycles. The summed E-state index contributed by atoms with van der Waals surface area (Å²) in [5, 5.41) is 3.42. The summed E-state index contributed by atoms with van der Waals surface area (Å²) in [4.78, 5) is 0. The molecule has 0 radical (unpaired) electrons. The summed E-state index contributed by atoms with van der Waals surface area (Å²) in [7, 11) is 0. The highest BCUT2D eigenvalue weighted by Crippen LogP contribution is 2.25. The summed E-state index contributed by atoms with van der Waals surface area (Å²) < 4.78 is 5.87. The van der Waals surface area contributed by atoms with Crippen molar-refractivity contribution in [3.63, 3.8) is 0 Å². The molecule has 1 N–H and O–H groups in total. The fourth-order valence-electron chi connectivity index (χ4n) is 2.44. The standard InChI is InChI=1S/C15H23NO/c1-12(2)17-15-6-4-3-5-14(15)11-13-7-9-16-10-8-13/h3-6,12-13,16H,7-11H2,1-2H3. The first-order valence-electron chi connectivity index (χ1n) is 6.71. The Hall–Kier alpha value is -1.02. The highest BCUT2D eigenvalue weighted by molar-refractivity contribution is 5.33. The monoisotopic (exact) mass is 233 g/mol. The maximum Gasteiger partial charge on any atom is 0.122 e. The Morgan fingerprint density at radius 2 is 1.94 bits per heavy atom. The molecule has 1 aliphatic heterocycles. The van der Waals surface area contributed by atoms with Gasteiger partial charge in [-0.15, -0.1) is 0 Å². The van der Waals surface area contributed by atoms with E-state index in [1.54, 1.807) is 0 Å². The maximum absolute atomic E-state index is 5.87. The van der Waals surface area contributed by atoms with Crippen molar-refractivity contribution in [2.75, 3.05) is 13.1 Å². The summed E-state index contributed by atoms with van der Waals surface area (Å²) in [5.74, 6) is 1.88. The zero-order valence-corrected chi connectivity index (χ0v) is 10.9. The largest absolute Gasteiger partial charge is 0.491 e. The van der Waals surface area contributed by atoms with Crippen molar-refractivity contribution in [1.82, 2.24) is 5.32 Å². The molecular weight excluding hydrogens is 210 g/mol. The molecule has 1 saturated heterocycles. The van der Waals surface area contributed by atoms with E-state index in [2.05, 4.69) is 43.4 Å². The lowest BCUT2D eigenvalue weighted by molar-refractivity contribution is 0.238. The van der Waals surface area contributed by atoms with Gasteiger partial charge in [0.2, 0.25) is 0 Å². The van der Waals surface area contributed by atoms with Gasteiger partial charge in [-0.1, -0.05) is 18.2 Å². The number of hydrogen-bond donors (Lipinski definition) is 1. The lowest BCUT2D eigenvalue weighted by atomic mass is 9.90. The van der Waals surface area contributed by atoms with E-state index in [1.165, 1.54) is 18.4 Å². The molecule has 2 rings (SSSR count). The topological polar surface area (TPSA) is 21.3 Å². The molecule has 0 saturated carbocycles. The Morgan fingerprint density at radius 1 is 1.24 bits per heavy atom. The molecule has 1 aromatic carbocycles. The summed E-state index contributed by atoms with van der Waals surface area (Å²) in [6.07, 6.45) is 3.99. The Kier molecular flexibility index (Phi) is 4.43. The van der Waals surface area contributed by atoms with Gasteiger partial charge in [-0.2, -0.15) is 0 Å². The molecule has 1 aromatic rings. The van der Waals surface area contributed by atoms with Gasteiger partial charge in [-0.3, -0.25) is 0 Å². The molecule has 0 aromatic heterocycles. The third kappa shape index (κ3) is 3.74. The SMILES string of the molecule is CC(C)Oc1ccccc1CC1CCNCC1. The molecule has 2 heteroatoms. The van der Waals surface area contributed by atoms with Gasteiger partial charge in [0.25, 0.3) is 0 Å². The molecule has 0 bridgehead atoms. The van der Waals surface area contributed by atoms with Gasteiger partial charge >= 0.3 is 0 Å². The van der Waals surface area contributed by atoms with Gasteiger partial charge in [-0.25, -0.2) is 0 Å². The number of para-hydroxylation sites is 1. The molecule has 0 amide bonds. The molecule has 1 fully saturated rings. The molecule has 1 aliphatic rings. The zero-order chi connectivity index (χ0) is 12.1. The minimum Gasteiger partial charge on any atom is -0.491 e. The number of piperidine rings is 1. The second-order valence-electron chi connectivity index (χ2n) is 5.17. The predicted molar refractivity (Wildman–Crippen MR) is 71.5 cm³/mol. The predicted octanol–water partition coefficient (Wildman–Crippen LogP) is 3.02. The van der Waals surface area contributed by atoms with E-state index in [0.717, 1.165) is 31.2 Å². The van der Waals surface area contributed by atoms with E-state index in [9.17, 15) is 0 Å². The maximum atomic E-state index is 5.87. The van der Waals surface area contributed by atoms with Gasteiger partial charge in [0.1, 0.15) is 5.75 Å². The molecule has 2 nitrogen and oxygen atoms in total. The summed E-state index contributed by atoms with van der Waals surface area (Å²) >= 11 is 0. The van der Waals surface area contributed by atoms with Crippen LogP contribution in [0.15, 0.2) is 24.3 Å². The third-order valence-corrected chi connectivity index (χ3v) is 3.30. The molecule has 0 atom stereocenters.